The summed E-state index contributed by atoms with van der Waals surface area (Å²) in [5, 5.41) is 2.65. The van der Waals surface area contributed by atoms with E-state index in [1.165, 1.54) is 6.07 Å². The summed E-state index contributed by atoms with van der Waals surface area (Å²) in [4.78, 5) is 10.9. The van der Waals surface area contributed by atoms with Crippen LogP contribution in [0.15, 0.2) is 24.3 Å². The first kappa shape index (κ1) is 9.96. The molecular formula is C11H13FN2O. The minimum atomic E-state index is -0.599. The highest BCUT2D eigenvalue weighted by Gasteiger charge is 2.41. The molecule has 0 radical (unpaired) electrons. The third kappa shape index (κ3) is 1.67. The van der Waals surface area contributed by atoms with Gasteiger partial charge in [0.2, 0.25) is 0 Å². The lowest BCUT2D eigenvalue weighted by atomic mass is 9.71. The second kappa shape index (κ2) is 3.53. The quantitative estimate of drug-likeness (QED) is 0.766. The number of hydrogen-bond acceptors (Lipinski definition) is 1. The van der Waals surface area contributed by atoms with Crippen molar-refractivity contribution in [2.24, 2.45) is 5.73 Å². The molecule has 1 aliphatic rings. The summed E-state index contributed by atoms with van der Waals surface area (Å²) in [5.41, 5.74) is 5.07. The number of carbonyl (C=O) groups is 1. The first-order valence-electron chi connectivity index (χ1n) is 4.97. The monoisotopic (exact) mass is 208 g/mol. The van der Waals surface area contributed by atoms with Crippen LogP contribution in [0.4, 0.5) is 9.18 Å². The van der Waals surface area contributed by atoms with Gasteiger partial charge in [0, 0.05) is 5.56 Å². The number of benzene rings is 1. The Morgan fingerprint density at radius 2 is 2.07 bits per heavy atom. The number of rotatable bonds is 2. The van der Waals surface area contributed by atoms with E-state index in [0.29, 0.717) is 5.56 Å². The maximum Gasteiger partial charge on any atom is 0.312 e. The molecule has 1 saturated carbocycles. The second-order valence-electron chi connectivity index (χ2n) is 3.90. The first-order chi connectivity index (χ1) is 7.14. The molecule has 0 unspecified atom stereocenters. The second-order valence-corrected chi connectivity index (χ2v) is 3.90. The fourth-order valence-electron chi connectivity index (χ4n) is 2.08. The van der Waals surface area contributed by atoms with E-state index in [0.717, 1.165) is 19.3 Å². The molecule has 0 saturated heterocycles. The van der Waals surface area contributed by atoms with Crippen LogP contribution in [-0.4, -0.2) is 6.03 Å². The molecule has 0 aromatic heterocycles. The van der Waals surface area contributed by atoms with Crippen molar-refractivity contribution in [3.05, 3.63) is 35.6 Å². The third-order valence-electron chi connectivity index (χ3n) is 2.96. The molecule has 2 amide bonds. The Labute approximate surface area is 87.5 Å². The van der Waals surface area contributed by atoms with Gasteiger partial charge in [0.25, 0.3) is 0 Å². The standard InChI is InChI=1S/C11H13FN2O/c12-9-5-2-1-4-8(9)11(6-3-7-11)14-10(13)15/h1-2,4-5H,3,6-7H2,(H3,13,14,15). The topological polar surface area (TPSA) is 55.1 Å². The molecule has 2 rings (SSSR count). The molecule has 80 valence electrons. The number of nitrogens with one attached hydrogen (secondary N) is 1. The molecule has 0 atom stereocenters. The summed E-state index contributed by atoms with van der Waals surface area (Å²) >= 11 is 0. The van der Waals surface area contributed by atoms with Gasteiger partial charge < -0.3 is 11.1 Å². The van der Waals surface area contributed by atoms with E-state index < -0.39 is 11.6 Å². The van der Waals surface area contributed by atoms with Crippen LogP contribution in [0.3, 0.4) is 0 Å². The van der Waals surface area contributed by atoms with Crippen molar-refractivity contribution < 1.29 is 9.18 Å². The Balaban J connectivity index is 2.34. The van der Waals surface area contributed by atoms with Crippen molar-refractivity contribution in [3.8, 4) is 0 Å². The molecule has 0 spiro atoms. The molecule has 0 aliphatic heterocycles. The SMILES string of the molecule is NC(=O)NC1(c2ccccc2F)CCC1. The molecule has 15 heavy (non-hydrogen) atoms. The summed E-state index contributed by atoms with van der Waals surface area (Å²) in [6.45, 7) is 0. The molecule has 1 aromatic rings. The van der Waals surface area contributed by atoms with Crippen LogP contribution in [0, 0.1) is 5.82 Å². The van der Waals surface area contributed by atoms with E-state index >= 15 is 0 Å². The van der Waals surface area contributed by atoms with Crippen molar-refractivity contribution in [1.29, 1.82) is 0 Å². The molecule has 0 bridgehead atoms. The van der Waals surface area contributed by atoms with Crippen molar-refractivity contribution in [2.75, 3.05) is 0 Å². The van der Waals surface area contributed by atoms with Gasteiger partial charge in [-0.3, -0.25) is 0 Å². The maximum absolute atomic E-state index is 13.6. The van der Waals surface area contributed by atoms with Gasteiger partial charge in [-0.05, 0) is 25.3 Å². The normalized spacial score (nSPS) is 17.9. The average Bonchev–Trinajstić information content (AvgIpc) is 2.12. The van der Waals surface area contributed by atoms with Gasteiger partial charge in [0.1, 0.15) is 5.82 Å². The van der Waals surface area contributed by atoms with Crippen molar-refractivity contribution in [2.45, 2.75) is 24.8 Å². The Hall–Kier alpha value is -1.58. The zero-order valence-corrected chi connectivity index (χ0v) is 8.29. The molecule has 3 nitrogen and oxygen atoms in total. The van der Waals surface area contributed by atoms with Crippen molar-refractivity contribution >= 4 is 6.03 Å². The van der Waals surface area contributed by atoms with Gasteiger partial charge in [-0.1, -0.05) is 18.2 Å². The molecule has 1 fully saturated rings. The van der Waals surface area contributed by atoms with E-state index in [2.05, 4.69) is 5.32 Å². The third-order valence-corrected chi connectivity index (χ3v) is 2.96. The van der Waals surface area contributed by atoms with Crippen LogP contribution in [0.25, 0.3) is 0 Å². The van der Waals surface area contributed by atoms with Crippen LogP contribution in [0.1, 0.15) is 24.8 Å². The predicted molar refractivity (Wildman–Crippen MR) is 54.6 cm³/mol. The minimum Gasteiger partial charge on any atom is -0.352 e. The first-order valence-corrected chi connectivity index (χ1v) is 4.97. The minimum absolute atomic E-state index is 0.286. The van der Waals surface area contributed by atoms with E-state index in [1.807, 2.05) is 0 Å². The Kier molecular flexibility index (Phi) is 2.34. The molecule has 4 heteroatoms. The number of nitrogens with two attached hydrogens (primary N) is 1. The van der Waals surface area contributed by atoms with Crippen LogP contribution < -0.4 is 11.1 Å². The maximum atomic E-state index is 13.6. The zero-order valence-electron chi connectivity index (χ0n) is 8.29. The molecular weight excluding hydrogens is 195 g/mol. The number of amides is 2. The number of hydrogen-bond donors (Lipinski definition) is 2. The van der Waals surface area contributed by atoms with E-state index in [9.17, 15) is 9.18 Å². The summed E-state index contributed by atoms with van der Waals surface area (Å²) in [7, 11) is 0. The number of carbonyl (C=O) groups excluding carboxylic acids is 1. The van der Waals surface area contributed by atoms with Crippen molar-refractivity contribution in [3.63, 3.8) is 0 Å². The van der Waals surface area contributed by atoms with Gasteiger partial charge in [0.05, 0.1) is 5.54 Å². The van der Waals surface area contributed by atoms with Gasteiger partial charge >= 0.3 is 6.03 Å². The van der Waals surface area contributed by atoms with Gasteiger partial charge in [-0.2, -0.15) is 0 Å². The van der Waals surface area contributed by atoms with Gasteiger partial charge in [0.15, 0.2) is 0 Å². The molecule has 1 aliphatic carbocycles. The van der Waals surface area contributed by atoms with Crippen LogP contribution in [0.2, 0.25) is 0 Å². The fraction of sp³-hybridized carbons (Fsp3) is 0.364. The molecule has 3 N–H and O–H groups in total. The summed E-state index contributed by atoms with van der Waals surface area (Å²) < 4.78 is 13.6. The van der Waals surface area contributed by atoms with Crippen LogP contribution >= 0.6 is 0 Å². The number of urea groups is 1. The lowest BCUT2D eigenvalue weighted by Crippen LogP contribution is -2.53. The summed E-state index contributed by atoms with van der Waals surface area (Å²) in [5.74, 6) is -0.286. The summed E-state index contributed by atoms with van der Waals surface area (Å²) in [6, 6.07) is 5.90. The highest BCUT2D eigenvalue weighted by Crippen LogP contribution is 2.42. The van der Waals surface area contributed by atoms with Gasteiger partial charge in [-0.25, -0.2) is 9.18 Å². The highest BCUT2D eigenvalue weighted by molar-refractivity contribution is 5.73. The van der Waals surface area contributed by atoms with E-state index in [4.69, 9.17) is 5.73 Å². The smallest absolute Gasteiger partial charge is 0.312 e. The Morgan fingerprint density at radius 1 is 1.40 bits per heavy atom. The molecule has 1 aromatic carbocycles. The van der Waals surface area contributed by atoms with E-state index in [1.54, 1.807) is 18.2 Å². The number of halogens is 1. The Morgan fingerprint density at radius 3 is 2.53 bits per heavy atom. The molecule has 0 heterocycles. The Bertz CT molecular complexity index is 388. The zero-order chi connectivity index (χ0) is 10.9. The lowest BCUT2D eigenvalue weighted by Gasteiger charge is -2.42. The van der Waals surface area contributed by atoms with Crippen LogP contribution in [0.5, 0.6) is 0 Å². The lowest BCUT2D eigenvalue weighted by molar-refractivity contribution is 0.178. The van der Waals surface area contributed by atoms with Gasteiger partial charge in [-0.15, -0.1) is 0 Å². The predicted octanol–water partition coefficient (Wildman–Crippen LogP) is 1.87. The van der Waals surface area contributed by atoms with Crippen LogP contribution in [-0.2, 0) is 5.54 Å². The van der Waals surface area contributed by atoms with Crippen molar-refractivity contribution in [1.82, 2.24) is 5.32 Å². The largest absolute Gasteiger partial charge is 0.352 e. The summed E-state index contributed by atoms with van der Waals surface area (Å²) in [6.07, 6.45) is 2.47. The fourth-order valence-corrected chi connectivity index (χ4v) is 2.08. The number of primary amides is 1. The highest BCUT2D eigenvalue weighted by atomic mass is 19.1. The average molecular weight is 208 g/mol. The van der Waals surface area contributed by atoms with E-state index in [-0.39, 0.29) is 5.82 Å².